The molecule has 1 aliphatic heterocycles. The number of nitrogens with zero attached hydrogens (tertiary/aromatic N) is 2. The van der Waals surface area contributed by atoms with Gasteiger partial charge in [0.25, 0.3) is 0 Å². The first-order valence-electron chi connectivity index (χ1n) is 20.3. The lowest BCUT2D eigenvalue weighted by atomic mass is 9.33. The van der Waals surface area contributed by atoms with E-state index in [0.717, 1.165) is 62.6 Å². The molecule has 7 rings (SSSR count). The third kappa shape index (κ3) is 5.62. The number of cyclic esters (lactones) is 1. The minimum absolute atomic E-state index is 0.0282. The summed E-state index contributed by atoms with van der Waals surface area (Å²) in [5, 5.41) is 9.62. The Morgan fingerprint density at radius 2 is 1.72 bits per heavy atom. The van der Waals surface area contributed by atoms with E-state index in [4.69, 9.17) is 9.47 Å². The van der Waals surface area contributed by atoms with E-state index in [2.05, 4.69) is 53.5 Å². The van der Waals surface area contributed by atoms with Crippen molar-refractivity contribution in [2.75, 3.05) is 6.54 Å². The lowest BCUT2D eigenvalue weighted by Gasteiger charge is -2.72. The van der Waals surface area contributed by atoms with Crippen molar-refractivity contribution in [3.05, 3.63) is 41.2 Å². The summed E-state index contributed by atoms with van der Waals surface area (Å²) in [5.74, 6) is -0.00537. The molecule has 6 aliphatic rings. The van der Waals surface area contributed by atoms with Crippen LogP contribution in [0.15, 0.2) is 35.5 Å². The van der Waals surface area contributed by atoms with Crippen LogP contribution in [0, 0.1) is 56.2 Å². The van der Waals surface area contributed by atoms with E-state index in [9.17, 15) is 24.3 Å². The number of esters is 1. The molecule has 1 saturated heterocycles. The van der Waals surface area contributed by atoms with Crippen molar-refractivity contribution in [1.82, 2.24) is 9.88 Å². The SMILES string of the molecule is CC(C)C1=C2[C@H]3CC[C@@H]4[C@@]5(C)CC[C@H](OC(=O)CC(C)(C)C(=O)O)C(C)(C)[C@@H]5CC[C@@]4(C)[C@]3(C)CC[C@@]2(C2CN(Cc3ccccn3)C(=O)O2)CC1=O. The van der Waals surface area contributed by atoms with Gasteiger partial charge in [0.1, 0.15) is 12.2 Å². The van der Waals surface area contributed by atoms with Gasteiger partial charge in [0, 0.05) is 23.4 Å². The summed E-state index contributed by atoms with van der Waals surface area (Å²) in [6, 6.07) is 5.74. The number of fused-ring (bicyclic) bond motifs is 7. The topological polar surface area (TPSA) is 123 Å². The van der Waals surface area contributed by atoms with Crippen molar-refractivity contribution in [1.29, 1.82) is 0 Å². The lowest BCUT2D eigenvalue weighted by molar-refractivity contribution is -0.234. The second-order valence-corrected chi connectivity index (χ2v) is 20.1. The van der Waals surface area contributed by atoms with Crippen molar-refractivity contribution in [3.8, 4) is 0 Å². The quantitative estimate of drug-likeness (QED) is 0.264. The molecule has 9 atom stereocenters. The van der Waals surface area contributed by atoms with Crippen LogP contribution in [0.5, 0.6) is 0 Å². The summed E-state index contributed by atoms with van der Waals surface area (Å²) in [4.78, 5) is 58.7. The summed E-state index contributed by atoms with van der Waals surface area (Å²) >= 11 is 0. The number of ketones is 1. The van der Waals surface area contributed by atoms with Gasteiger partial charge in [-0.25, -0.2) is 4.79 Å². The molecule has 290 valence electrons. The van der Waals surface area contributed by atoms with E-state index >= 15 is 0 Å². The normalized spacial score (nSPS) is 39.2. The van der Waals surface area contributed by atoms with Crippen LogP contribution in [0.3, 0.4) is 0 Å². The fourth-order valence-electron chi connectivity index (χ4n) is 13.5. The number of ether oxygens (including phenoxy) is 2. The summed E-state index contributed by atoms with van der Waals surface area (Å²) < 4.78 is 12.5. The van der Waals surface area contributed by atoms with Crippen molar-refractivity contribution in [2.45, 2.75) is 145 Å². The van der Waals surface area contributed by atoms with Gasteiger partial charge < -0.3 is 14.6 Å². The molecular formula is C44H62N2O7. The number of pyridine rings is 1. The number of amides is 1. The molecule has 9 nitrogen and oxygen atoms in total. The predicted molar refractivity (Wildman–Crippen MR) is 200 cm³/mol. The van der Waals surface area contributed by atoms with E-state index in [0.29, 0.717) is 31.3 Å². The summed E-state index contributed by atoms with van der Waals surface area (Å²) in [5.41, 5.74) is 1.30. The number of aromatic nitrogens is 1. The average Bonchev–Trinajstić information content (AvgIpc) is 3.59. The van der Waals surface area contributed by atoms with E-state index in [1.54, 1.807) is 24.9 Å². The monoisotopic (exact) mass is 730 g/mol. The Kier molecular flexibility index (Phi) is 9.09. The number of carbonyl (C=O) groups excluding carboxylic acids is 3. The van der Waals surface area contributed by atoms with Gasteiger partial charge in [0.15, 0.2) is 5.78 Å². The Balaban J connectivity index is 1.17. The van der Waals surface area contributed by atoms with E-state index in [-0.39, 0.29) is 64.0 Å². The number of hydrogen-bond donors (Lipinski definition) is 1. The molecule has 2 heterocycles. The zero-order valence-corrected chi connectivity index (χ0v) is 33.5. The van der Waals surface area contributed by atoms with Gasteiger partial charge in [-0.1, -0.05) is 54.5 Å². The highest BCUT2D eigenvalue weighted by atomic mass is 16.6. The molecule has 1 unspecified atom stereocenters. The molecule has 5 fully saturated rings. The summed E-state index contributed by atoms with van der Waals surface area (Å²) in [6.07, 6.45) is 8.87. The second-order valence-electron chi connectivity index (χ2n) is 20.1. The van der Waals surface area contributed by atoms with Gasteiger partial charge in [-0.05, 0) is 128 Å². The molecule has 1 aromatic heterocycles. The highest BCUT2D eigenvalue weighted by Crippen LogP contribution is 2.77. The van der Waals surface area contributed by atoms with Crippen molar-refractivity contribution in [2.24, 2.45) is 56.2 Å². The molecule has 0 bridgehead atoms. The van der Waals surface area contributed by atoms with Crippen molar-refractivity contribution in [3.63, 3.8) is 0 Å². The van der Waals surface area contributed by atoms with Crippen LogP contribution in [-0.2, 0) is 30.4 Å². The second kappa shape index (κ2) is 12.7. The lowest BCUT2D eigenvalue weighted by Crippen LogP contribution is -2.66. The zero-order valence-electron chi connectivity index (χ0n) is 33.5. The minimum Gasteiger partial charge on any atom is -0.481 e. The fraction of sp³-hybridized carbons (Fsp3) is 0.750. The molecule has 0 spiro atoms. The molecule has 53 heavy (non-hydrogen) atoms. The van der Waals surface area contributed by atoms with Crippen LogP contribution in [0.4, 0.5) is 4.79 Å². The Bertz CT molecular complexity index is 1720. The average molecular weight is 731 g/mol. The van der Waals surface area contributed by atoms with Crippen LogP contribution < -0.4 is 0 Å². The number of carboxylic acid groups (broad SMARTS) is 1. The first-order chi connectivity index (χ1) is 24.7. The maximum Gasteiger partial charge on any atom is 0.410 e. The Morgan fingerprint density at radius 1 is 0.981 bits per heavy atom. The number of allylic oxidation sites excluding steroid dienone is 1. The molecule has 5 aliphatic carbocycles. The van der Waals surface area contributed by atoms with Gasteiger partial charge in [-0.15, -0.1) is 0 Å². The van der Waals surface area contributed by atoms with Crippen LogP contribution in [0.25, 0.3) is 0 Å². The standard InChI is InChI=1S/C44H62N2O7/c1-26(2)35-29(47)22-44(33-25-46(38(51)53-33)24-27-12-10-11-21-45-27)20-19-42(8)28(36(35)44)13-14-31-41(7)17-16-32(52-34(48)23-39(3,4)37(49)50)40(5,6)30(41)15-18-43(31,42)9/h10-12,21,26,28,30-33H,13-20,22-25H2,1-9H3,(H,49,50)/t28-,30+,31-,32+,33?,41+,42-,43-,44+/m1/s1. The van der Waals surface area contributed by atoms with Gasteiger partial charge >= 0.3 is 18.0 Å². The highest BCUT2D eigenvalue weighted by molar-refractivity contribution is 6.01. The number of carbonyl (C=O) groups is 4. The molecule has 0 aromatic carbocycles. The number of Topliss-reactive ketones (excluding diaryl/α,β-unsaturated/α-hetero) is 1. The molecule has 1 N–H and O–H groups in total. The van der Waals surface area contributed by atoms with Crippen LogP contribution in [0.1, 0.15) is 132 Å². The van der Waals surface area contributed by atoms with E-state index < -0.39 is 22.8 Å². The van der Waals surface area contributed by atoms with Crippen LogP contribution in [-0.4, -0.2) is 57.6 Å². The predicted octanol–water partition coefficient (Wildman–Crippen LogP) is 8.80. The zero-order chi connectivity index (χ0) is 38.5. The Hall–Kier alpha value is -3.23. The minimum atomic E-state index is -1.17. The molecular weight excluding hydrogens is 668 g/mol. The van der Waals surface area contributed by atoms with E-state index in [1.807, 2.05) is 18.2 Å². The first-order valence-corrected chi connectivity index (χ1v) is 20.3. The fourth-order valence-corrected chi connectivity index (χ4v) is 13.5. The molecule has 4 saturated carbocycles. The number of carboxylic acids is 1. The summed E-state index contributed by atoms with van der Waals surface area (Å²) in [7, 11) is 0. The molecule has 9 heteroatoms. The maximum atomic E-state index is 14.2. The first kappa shape index (κ1) is 38.1. The Morgan fingerprint density at radius 3 is 2.38 bits per heavy atom. The molecule has 1 aromatic rings. The molecule has 0 radical (unpaired) electrons. The maximum absolute atomic E-state index is 14.2. The smallest absolute Gasteiger partial charge is 0.410 e. The summed E-state index contributed by atoms with van der Waals surface area (Å²) in [6.45, 7) is 20.5. The van der Waals surface area contributed by atoms with Gasteiger partial charge in [-0.3, -0.25) is 24.3 Å². The van der Waals surface area contributed by atoms with Crippen molar-refractivity contribution < 1.29 is 33.8 Å². The van der Waals surface area contributed by atoms with Crippen LogP contribution in [0.2, 0.25) is 0 Å². The largest absolute Gasteiger partial charge is 0.481 e. The van der Waals surface area contributed by atoms with Gasteiger partial charge in [0.2, 0.25) is 0 Å². The molecule has 1 amide bonds. The van der Waals surface area contributed by atoms with Gasteiger partial charge in [-0.2, -0.15) is 0 Å². The highest BCUT2D eigenvalue weighted by Gasteiger charge is 2.71. The number of rotatable bonds is 8. The van der Waals surface area contributed by atoms with Crippen LogP contribution >= 0.6 is 0 Å². The number of hydrogen-bond acceptors (Lipinski definition) is 7. The number of aliphatic carboxylic acids is 1. The van der Waals surface area contributed by atoms with Crippen molar-refractivity contribution >= 4 is 23.8 Å². The van der Waals surface area contributed by atoms with Gasteiger partial charge in [0.05, 0.1) is 30.6 Å². The third-order valence-electron chi connectivity index (χ3n) is 16.4. The van der Waals surface area contributed by atoms with E-state index in [1.165, 1.54) is 5.57 Å². The third-order valence-corrected chi connectivity index (χ3v) is 16.4. The Labute approximate surface area is 316 Å².